The second-order valence-electron chi connectivity index (χ2n) is 5.07. The number of aliphatic carboxylic acids is 1. The number of ether oxygens (including phenoxy) is 1. The highest BCUT2D eigenvalue weighted by Crippen LogP contribution is 2.22. The van der Waals surface area contributed by atoms with Gasteiger partial charge in [0.15, 0.2) is 0 Å². The Morgan fingerprint density at radius 1 is 1.48 bits per heavy atom. The maximum atomic E-state index is 12.1. The molecule has 1 atom stereocenters. The molecule has 3 N–H and O–H groups in total. The molecule has 0 bridgehead atoms. The van der Waals surface area contributed by atoms with Crippen LogP contribution in [0.2, 0.25) is 0 Å². The van der Waals surface area contributed by atoms with Crippen LogP contribution in [0.3, 0.4) is 0 Å². The Kier molecular flexibility index (Phi) is 5.16. The maximum absolute atomic E-state index is 12.1. The fourth-order valence-electron chi connectivity index (χ4n) is 2.36. The van der Waals surface area contributed by atoms with Crippen LogP contribution >= 0.6 is 0 Å². The predicted octanol–water partition coefficient (Wildman–Crippen LogP) is 1.26. The van der Waals surface area contributed by atoms with Crippen molar-refractivity contribution in [2.75, 3.05) is 25.5 Å². The third-order valence-electron chi connectivity index (χ3n) is 3.53. The smallest absolute Gasteiger partial charge is 0.306 e. The molecule has 114 valence electrons. The maximum Gasteiger partial charge on any atom is 0.306 e. The largest absolute Gasteiger partial charge is 0.481 e. The normalized spacial score (nSPS) is 14.7. The molecule has 1 aromatic rings. The molecule has 1 aliphatic heterocycles. The van der Waals surface area contributed by atoms with Crippen LogP contribution in [-0.2, 0) is 16.0 Å². The number of aryl methyl sites for hydroxylation is 1. The second kappa shape index (κ2) is 7.08. The van der Waals surface area contributed by atoms with E-state index in [1.54, 1.807) is 6.07 Å². The number of methoxy groups -OCH3 is 1. The van der Waals surface area contributed by atoms with Crippen molar-refractivity contribution in [2.45, 2.75) is 25.4 Å². The number of anilines is 1. The predicted molar refractivity (Wildman–Crippen MR) is 78.6 cm³/mol. The first-order valence-corrected chi connectivity index (χ1v) is 6.99. The molecular weight excluding hydrogens is 272 g/mol. The average Bonchev–Trinajstić information content (AvgIpc) is 2.50. The minimum absolute atomic E-state index is 0.134. The number of nitrogens with one attached hydrogen (secondary N) is 2. The van der Waals surface area contributed by atoms with E-state index in [9.17, 15) is 9.59 Å². The highest BCUT2D eigenvalue weighted by Gasteiger charge is 2.16. The summed E-state index contributed by atoms with van der Waals surface area (Å²) in [5.74, 6) is -1.16. The number of rotatable bonds is 6. The Morgan fingerprint density at radius 2 is 2.29 bits per heavy atom. The van der Waals surface area contributed by atoms with E-state index >= 15 is 0 Å². The SMILES string of the molecule is COC(CNC(=O)c1ccc2c(c1)CCCN2)CC(=O)O. The number of fused-ring (bicyclic) bond motifs is 1. The number of hydrogen-bond acceptors (Lipinski definition) is 4. The van der Waals surface area contributed by atoms with Gasteiger partial charge in [-0.05, 0) is 36.6 Å². The number of amides is 1. The Labute approximate surface area is 123 Å². The molecule has 0 spiro atoms. The summed E-state index contributed by atoms with van der Waals surface area (Å²) >= 11 is 0. The summed E-state index contributed by atoms with van der Waals surface area (Å²) in [6.45, 7) is 1.14. The zero-order valence-corrected chi connectivity index (χ0v) is 12.0. The van der Waals surface area contributed by atoms with Gasteiger partial charge in [0.1, 0.15) is 0 Å². The molecule has 0 saturated carbocycles. The highest BCUT2D eigenvalue weighted by molar-refractivity contribution is 5.95. The van der Waals surface area contributed by atoms with Gasteiger partial charge < -0.3 is 20.5 Å². The van der Waals surface area contributed by atoms with Gasteiger partial charge in [-0.25, -0.2) is 0 Å². The van der Waals surface area contributed by atoms with Crippen LogP contribution in [-0.4, -0.2) is 43.3 Å². The van der Waals surface area contributed by atoms with Gasteiger partial charge in [0, 0.05) is 31.5 Å². The lowest BCUT2D eigenvalue weighted by Crippen LogP contribution is -2.34. The average molecular weight is 292 g/mol. The Hall–Kier alpha value is -2.08. The van der Waals surface area contributed by atoms with Gasteiger partial charge >= 0.3 is 5.97 Å². The molecule has 0 fully saturated rings. The van der Waals surface area contributed by atoms with E-state index in [0.717, 1.165) is 30.6 Å². The van der Waals surface area contributed by atoms with Crippen molar-refractivity contribution in [1.82, 2.24) is 5.32 Å². The van der Waals surface area contributed by atoms with Gasteiger partial charge in [-0.2, -0.15) is 0 Å². The van der Waals surface area contributed by atoms with Crippen molar-refractivity contribution in [2.24, 2.45) is 0 Å². The summed E-state index contributed by atoms with van der Waals surface area (Å²) < 4.78 is 5.03. The van der Waals surface area contributed by atoms with Gasteiger partial charge in [0.2, 0.25) is 0 Å². The molecule has 1 amide bonds. The molecular formula is C15H20N2O4. The number of hydrogen-bond donors (Lipinski definition) is 3. The van der Waals surface area contributed by atoms with Crippen LogP contribution in [0.5, 0.6) is 0 Å². The zero-order valence-electron chi connectivity index (χ0n) is 12.0. The summed E-state index contributed by atoms with van der Waals surface area (Å²) in [6.07, 6.45) is 1.36. The minimum Gasteiger partial charge on any atom is -0.481 e. The number of carboxylic acids is 1. The molecule has 0 radical (unpaired) electrons. The third kappa shape index (κ3) is 4.19. The van der Waals surface area contributed by atoms with E-state index in [4.69, 9.17) is 9.84 Å². The molecule has 6 heteroatoms. The van der Waals surface area contributed by atoms with E-state index in [1.165, 1.54) is 7.11 Å². The summed E-state index contributed by atoms with van der Waals surface area (Å²) in [5, 5.41) is 14.7. The van der Waals surface area contributed by atoms with E-state index < -0.39 is 12.1 Å². The fourth-order valence-corrected chi connectivity index (χ4v) is 2.36. The van der Waals surface area contributed by atoms with Gasteiger partial charge in [0.25, 0.3) is 5.91 Å². The molecule has 21 heavy (non-hydrogen) atoms. The molecule has 6 nitrogen and oxygen atoms in total. The minimum atomic E-state index is -0.948. The van der Waals surface area contributed by atoms with Crippen molar-refractivity contribution < 1.29 is 19.4 Å². The number of benzene rings is 1. The summed E-state index contributed by atoms with van der Waals surface area (Å²) in [5.41, 5.74) is 2.81. The monoisotopic (exact) mass is 292 g/mol. The first-order chi connectivity index (χ1) is 10.1. The highest BCUT2D eigenvalue weighted by atomic mass is 16.5. The Morgan fingerprint density at radius 3 is 3.00 bits per heavy atom. The van der Waals surface area contributed by atoms with E-state index in [1.807, 2.05) is 12.1 Å². The standard InChI is InChI=1S/C15H20N2O4/c1-21-12(8-14(18)19)9-17-15(20)11-4-5-13-10(7-11)3-2-6-16-13/h4-5,7,12,16H,2-3,6,8-9H2,1H3,(H,17,20)(H,18,19). The van der Waals surface area contributed by atoms with Crippen molar-refractivity contribution >= 4 is 17.6 Å². The van der Waals surface area contributed by atoms with E-state index in [-0.39, 0.29) is 18.9 Å². The van der Waals surface area contributed by atoms with Crippen molar-refractivity contribution in [3.63, 3.8) is 0 Å². The molecule has 0 aliphatic carbocycles. The number of carbonyl (C=O) groups is 2. The topological polar surface area (TPSA) is 87.7 Å². The van der Waals surface area contributed by atoms with Gasteiger partial charge in [-0.1, -0.05) is 0 Å². The lowest BCUT2D eigenvalue weighted by Gasteiger charge is -2.19. The van der Waals surface area contributed by atoms with Gasteiger partial charge in [0.05, 0.1) is 12.5 Å². The summed E-state index contributed by atoms with van der Waals surface area (Å²) in [6, 6.07) is 5.57. The Balaban J connectivity index is 1.95. The van der Waals surface area contributed by atoms with Gasteiger partial charge in [-0.3, -0.25) is 9.59 Å². The molecule has 1 aromatic carbocycles. The van der Waals surface area contributed by atoms with Crippen LogP contribution in [0.25, 0.3) is 0 Å². The van der Waals surface area contributed by atoms with Crippen LogP contribution in [0.1, 0.15) is 28.8 Å². The van der Waals surface area contributed by atoms with Crippen LogP contribution in [0.15, 0.2) is 18.2 Å². The molecule has 1 aliphatic rings. The van der Waals surface area contributed by atoms with Crippen LogP contribution in [0, 0.1) is 0 Å². The third-order valence-corrected chi connectivity index (χ3v) is 3.53. The molecule has 0 aromatic heterocycles. The molecule has 0 saturated heterocycles. The van der Waals surface area contributed by atoms with E-state index in [2.05, 4.69) is 10.6 Å². The number of carbonyl (C=O) groups excluding carboxylic acids is 1. The first kappa shape index (κ1) is 15.3. The molecule has 1 unspecified atom stereocenters. The summed E-state index contributed by atoms with van der Waals surface area (Å²) in [7, 11) is 1.43. The zero-order chi connectivity index (χ0) is 15.2. The van der Waals surface area contributed by atoms with E-state index in [0.29, 0.717) is 5.56 Å². The molecule has 1 heterocycles. The second-order valence-corrected chi connectivity index (χ2v) is 5.07. The van der Waals surface area contributed by atoms with Crippen LogP contribution in [0.4, 0.5) is 5.69 Å². The molecule has 2 rings (SSSR count). The number of carboxylic acid groups (broad SMARTS) is 1. The van der Waals surface area contributed by atoms with Crippen molar-refractivity contribution in [3.8, 4) is 0 Å². The Bertz CT molecular complexity index is 530. The van der Waals surface area contributed by atoms with Crippen LogP contribution < -0.4 is 10.6 Å². The summed E-state index contributed by atoms with van der Waals surface area (Å²) in [4.78, 5) is 22.7. The lowest BCUT2D eigenvalue weighted by atomic mass is 10.0. The van der Waals surface area contributed by atoms with Gasteiger partial charge in [-0.15, -0.1) is 0 Å². The quantitative estimate of drug-likeness (QED) is 0.735. The van der Waals surface area contributed by atoms with Crippen molar-refractivity contribution in [3.05, 3.63) is 29.3 Å². The first-order valence-electron chi connectivity index (χ1n) is 6.99. The van der Waals surface area contributed by atoms with Crippen molar-refractivity contribution in [1.29, 1.82) is 0 Å². The lowest BCUT2D eigenvalue weighted by molar-refractivity contribution is -0.139. The fraction of sp³-hybridized carbons (Fsp3) is 0.467.